The van der Waals surface area contributed by atoms with Gasteiger partial charge >= 0.3 is 0 Å². The molecule has 0 spiro atoms. The predicted molar refractivity (Wildman–Crippen MR) is 98.0 cm³/mol. The number of piperidine rings is 1. The molecule has 2 fully saturated rings. The van der Waals surface area contributed by atoms with Gasteiger partial charge in [-0.3, -0.25) is 4.90 Å². The molecule has 2 aliphatic rings. The zero-order valence-electron chi connectivity index (χ0n) is 15.8. The van der Waals surface area contributed by atoms with Crippen LogP contribution in [-0.4, -0.2) is 57.0 Å². The van der Waals surface area contributed by atoms with E-state index in [1.807, 2.05) is 0 Å². The molecule has 5 heteroatoms. The van der Waals surface area contributed by atoms with Crippen molar-refractivity contribution in [3.05, 3.63) is 11.9 Å². The van der Waals surface area contributed by atoms with Gasteiger partial charge in [0.1, 0.15) is 0 Å². The zero-order valence-corrected chi connectivity index (χ0v) is 15.8. The van der Waals surface area contributed by atoms with Gasteiger partial charge in [0.05, 0.1) is 17.9 Å². The van der Waals surface area contributed by atoms with Gasteiger partial charge in [-0.15, -0.1) is 5.10 Å². The third-order valence-corrected chi connectivity index (χ3v) is 6.06. The molecule has 1 saturated heterocycles. The van der Waals surface area contributed by atoms with Gasteiger partial charge in [0.25, 0.3) is 0 Å². The van der Waals surface area contributed by atoms with Crippen LogP contribution < -0.4 is 0 Å². The molecule has 0 aromatic carbocycles. The van der Waals surface area contributed by atoms with Crippen molar-refractivity contribution < 1.29 is 0 Å². The molecule has 2 heterocycles. The SMILES string of the molecule is CC(C)N(C)Cc1cn(C2CCN(C3CCCCCC3)CC2)nn1. The minimum absolute atomic E-state index is 0.539. The van der Waals surface area contributed by atoms with Crippen LogP contribution in [-0.2, 0) is 6.54 Å². The summed E-state index contributed by atoms with van der Waals surface area (Å²) < 4.78 is 2.13. The maximum atomic E-state index is 4.43. The van der Waals surface area contributed by atoms with Crippen molar-refractivity contribution in [1.82, 2.24) is 24.8 Å². The summed E-state index contributed by atoms with van der Waals surface area (Å²) in [5, 5.41) is 8.82. The molecule has 0 N–H and O–H groups in total. The Morgan fingerprint density at radius 3 is 2.33 bits per heavy atom. The third kappa shape index (κ3) is 4.57. The first-order chi connectivity index (χ1) is 11.6. The number of hydrogen-bond acceptors (Lipinski definition) is 4. The summed E-state index contributed by atoms with van der Waals surface area (Å²) in [5.74, 6) is 0. The van der Waals surface area contributed by atoms with Crippen molar-refractivity contribution in [3.63, 3.8) is 0 Å². The molecule has 24 heavy (non-hydrogen) atoms. The number of aromatic nitrogens is 3. The Kier molecular flexibility index (Phi) is 6.28. The third-order valence-electron chi connectivity index (χ3n) is 6.06. The van der Waals surface area contributed by atoms with Crippen molar-refractivity contribution in [3.8, 4) is 0 Å². The van der Waals surface area contributed by atoms with Crippen LogP contribution in [0.5, 0.6) is 0 Å². The van der Waals surface area contributed by atoms with E-state index in [0.717, 1.165) is 18.3 Å². The molecular formula is C19H35N5. The van der Waals surface area contributed by atoms with Crippen molar-refractivity contribution in [2.24, 2.45) is 0 Å². The van der Waals surface area contributed by atoms with E-state index < -0.39 is 0 Å². The molecule has 1 saturated carbocycles. The second kappa shape index (κ2) is 8.43. The molecule has 1 aliphatic carbocycles. The Morgan fingerprint density at radius 1 is 1.04 bits per heavy atom. The van der Waals surface area contributed by atoms with Crippen molar-refractivity contribution >= 4 is 0 Å². The maximum Gasteiger partial charge on any atom is 0.0967 e. The van der Waals surface area contributed by atoms with E-state index >= 15 is 0 Å². The summed E-state index contributed by atoms with van der Waals surface area (Å²) in [7, 11) is 2.15. The summed E-state index contributed by atoms with van der Waals surface area (Å²) >= 11 is 0. The topological polar surface area (TPSA) is 37.2 Å². The van der Waals surface area contributed by atoms with Crippen molar-refractivity contribution in [1.29, 1.82) is 0 Å². The van der Waals surface area contributed by atoms with Crippen LogP contribution in [0.2, 0.25) is 0 Å². The van der Waals surface area contributed by atoms with E-state index in [1.54, 1.807) is 0 Å². The van der Waals surface area contributed by atoms with E-state index in [9.17, 15) is 0 Å². The molecule has 136 valence electrons. The summed E-state index contributed by atoms with van der Waals surface area (Å²) in [6.07, 6.45) is 13.2. The molecular weight excluding hydrogens is 298 g/mol. The maximum absolute atomic E-state index is 4.43. The highest BCUT2D eigenvalue weighted by molar-refractivity contribution is 4.94. The number of hydrogen-bond donors (Lipinski definition) is 0. The molecule has 1 aromatic heterocycles. The highest BCUT2D eigenvalue weighted by atomic mass is 15.4. The van der Waals surface area contributed by atoms with E-state index in [1.165, 1.54) is 64.5 Å². The first kappa shape index (κ1) is 17.9. The minimum Gasteiger partial charge on any atom is -0.300 e. The number of likely N-dealkylation sites (tertiary alicyclic amines) is 1. The minimum atomic E-state index is 0.539. The molecule has 5 nitrogen and oxygen atoms in total. The molecule has 3 rings (SSSR count). The lowest BCUT2D eigenvalue weighted by Gasteiger charge is -2.37. The molecule has 0 atom stereocenters. The Hall–Kier alpha value is -0.940. The highest BCUT2D eigenvalue weighted by Gasteiger charge is 2.27. The molecule has 0 amide bonds. The summed E-state index contributed by atoms with van der Waals surface area (Å²) in [4.78, 5) is 5.06. The number of rotatable bonds is 5. The first-order valence-electron chi connectivity index (χ1n) is 9.98. The number of nitrogens with zero attached hydrogens (tertiary/aromatic N) is 5. The monoisotopic (exact) mass is 333 g/mol. The molecule has 0 unspecified atom stereocenters. The van der Waals surface area contributed by atoms with Gasteiger partial charge in [-0.25, -0.2) is 4.68 Å². The second-order valence-electron chi connectivity index (χ2n) is 8.11. The first-order valence-corrected chi connectivity index (χ1v) is 9.98. The van der Waals surface area contributed by atoms with Crippen LogP contribution >= 0.6 is 0 Å². The molecule has 1 aromatic rings. The molecule has 1 aliphatic heterocycles. The van der Waals surface area contributed by atoms with Crippen LogP contribution in [0.25, 0.3) is 0 Å². The normalized spacial score (nSPS) is 22.4. The smallest absolute Gasteiger partial charge is 0.0967 e. The van der Waals surface area contributed by atoms with E-state index in [0.29, 0.717) is 12.1 Å². The van der Waals surface area contributed by atoms with E-state index in [2.05, 4.69) is 51.9 Å². The highest BCUT2D eigenvalue weighted by Crippen LogP contribution is 2.28. The van der Waals surface area contributed by atoms with Gasteiger partial charge in [0.15, 0.2) is 0 Å². The van der Waals surface area contributed by atoms with Crippen LogP contribution in [0.4, 0.5) is 0 Å². The van der Waals surface area contributed by atoms with Crippen LogP contribution in [0.3, 0.4) is 0 Å². The average molecular weight is 334 g/mol. The standard InChI is InChI=1S/C19H35N5/c1-16(2)22(3)14-17-15-24(21-20-17)19-10-12-23(13-11-19)18-8-6-4-5-7-9-18/h15-16,18-19H,4-14H2,1-3H3. The van der Waals surface area contributed by atoms with Gasteiger partial charge in [0.2, 0.25) is 0 Å². The lowest BCUT2D eigenvalue weighted by atomic mass is 10.00. The quantitative estimate of drug-likeness (QED) is 0.773. The fraction of sp³-hybridized carbons (Fsp3) is 0.895. The summed E-state index contributed by atoms with van der Waals surface area (Å²) in [5.41, 5.74) is 1.09. The average Bonchev–Trinajstić information content (AvgIpc) is 2.88. The van der Waals surface area contributed by atoms with Gasteiger partial charge < -0.3 is 4.90 Å². The van der Waals surface area contributed by atoms with Crippen LogP contribution in [0.1, 0.15) is 76.9 Å². The Bertz CT molecular complexity index is 482. The zero-order chi connectivity index (χ0) is 16.9. The van der Waals surface area contributed by atoms with E-state index in [-0.39, 0.29) is 0 Å². The Balaban J connectivity index is 1.50. The fourth-order valence-electron chi connectivity index (χ4n) is 4.14. The van der Waals surface area contributed by atoms with E-state index in [4.69, 9.17) is 0 Å². The van der Waals surface area contributed by atoms with Gasteiger partial charge in [-0.05, 0) is 46.6 Å². The molecule has 0 radical (unpaired) electrons. The van der Waals surface area contributed by atoms with Crippen LogP contribution in [0.15, 0.2) is 6.20 Å². The summed E-state index contributed by atoms with van der Waals surface area (Å²) in [6, 6.07) is 1.93. The Morgan fingerprint density at radius 2 is 1.71 bits per heavy atom. The van der Waals surface area contributed by atoms with Crippen molar-refractivity contribution in [2.45, 2.75) is 89.9 Å². The van der Waals surface area contributed by atoms with Gasteiger partial charge in [-0.1, -0.05) is 30.9 Å². The lowest BCUT2D eigenvalue weighted by Crippen LogP contribution is -2.41. The van der Waals surface area contributed by atoms with Crippen LogP contribution in [0, 0.1) is 0 Å². The van der Waals surface area contributed by atoms with Gasteiger partial charge in [-0.2, -0.15) is 0 Å². The fourth-order valence-corrected chi connectivity index (χ4v) is 4.14. The largest absolute Gasteiger partial charge is 0.300 e. The lowest BCUT2D eigenvalue weighted by molar-refractivity contribution is 0.119. The summed E-state index contributed by atoms with van der Waals surface area (Å²) in [6.45, 7) is 7.78. The van der Waals surface area contributed by atoms with Crippen molar-refractivity contribution in [2.75, 3.05) is 20.1 Å². The second-order valence-corrected chi connectivity index (χ2v) is 8.11. The Labute approximate surface area is 147 Å². The van der Waals surface area contributed by atoms with Gasteiger partial charge in [0, 0.05) is 31.7 Å². The predicted octanol–water partition coefficient (Wildman–Crippen LogP) is 3.48. The molecule has 0 bridgehead atoms.